The number of aromatic nitrogens is 4. The first-order valence-corrected chi connectivity index (χ1v) is 30.1. The number of aliphatic hydroxyl groups excluding tert-OH is 3. The number of aliphatic hydroxyl groups is 3. The molecular weight excluding hydrogens is 1130 g/mol. The fourth-order valence-electron chi connectivity index (χ4n) is 7.60. The van der Waals surface area contributed by atoms with Gasteiger partial charge in [0.25, 0.3) is 0 Å². The summed E-state index contributed by atoms with van der Waals surface area (Å²) in [6.45, 7) is 1.10. The number of aromatic hydroxyl groups is 1. The molecule has 5 aromatic rings. The van der Waals surface area contributed by atoms with Crippen LogP contribution in [0.5, 0.6) is 5.75 Å². The molecule has 0 unspecified atom stereocenters. The third-order valence-corrected chi connectivity index (χ3v) is 16.9. The second-order valence-electron chi connectivity index (χ2n) is 17.2. The second kappa shape index (κ2) is 22.2. The Balaban J connectivity index is 1.09. The van der Waals surface area contributed by atoms with Crippen LogP contribution >= 0.6 is 50.7 Å². The Bertz CT molecular complexity index is 3480. The van der Waals surface area contributed by atoms with Crippen molar-refractivity contribution < 1.29 is 89.7 Å². The number of nitrogens with zero attached hydrogens (tertiary/aromatic N) is 4. The van der Waals surface area contributed by atoms with Gasteiger partial charge >= 0.3 is 19.1 Å². The van der Waals surface area contributed by atoms with Crippen LogP contribution in [0.25, 0.3) is 33.3 Å². The van der Waals surface area contributed by atoms with Crippen LogP contribution in [0.3, 0.4) is 0 Å². The maximum atomic E-state index is 13.8. The predicted molar refractivity (Wildman–Crippen MR) is 290 cm³/mol. The van der Waals surface area contributed by atoms with E-state index in [1.807, 2.05) is 0 Å². The molecular formula is C42H54N9O21PS4. The molecule has 0 radical (unpaired) electrons. The zero-order valence-corrected chi connectivity index (χ0v) is 44.3. The largest absolute Gasteiger partial charge is 0.505 e. The van der Waals surface area contributed by atoms with E-state index in [2.05, 4.69) is 36.2 Å². The van der Waals surface area contributed by atoms with Crippen molar-refractivity contribution >= 4 is 101 Å². The van der Waals surface area contributed by atoms with E-state index in [4.69, 9.17) is 20.4 Å². The van der Waals surface area contributed by atoms with Gasteiger partial charge in [-0.25, -0.2) is 14.3 Å². The first-order chi connectivity index (χ1) is 35.7. The maximum Gasteiger partial charge on any atom is 0.469 e. The molecule has 22 N–H and O–H groups in total. The van der Waals surface area contributed by atoms with Gasteiger partial charge in [-0.2, -0.15) is 26.2 Å². The number of phosphoric ester groups is 1. The highest BCUT2D eigenvalue weighted by molar-refractivity contribution is 8.24. The number of nitrogen functional groups attached to an aromatic ring is 1. The fraction of sp³-hybridized carbons (Fsp3) is 0.238. The van der Waals surface area contributed by atoms with Crippen molar-refractivity contribution in [1.29, 1.82) is 0 Å². The highest BCUT2D eigenvalue weighted by Crippen LogP contribution is 2.58. The summed E-state index contributed by atoms with van der Waals surface area (Å²) >= 11 is 0. The zero-order valence-electron chi connectivity index (χ0n) is 40.1. The third kappa shape index (κ3) is 13.2. The average Bonchev–Trinajstić information content (AvgIpc) is 3.34. The van der Waals surface area contributed by atoms with E-state index in [9.17, 15) is 80.1 Å². The number of phenols is 1. The molecule has 0 amide bonds. The Morgan fingerprint density at radius 3 is 1.81 bits per heavy atom. The molecule has 5 aromatic carbocycles. The van der Waals surface area contributed by atoms with Crippen LogP contribution in [0.15, 0.2) is 102 Å². The van der Waals surface area contributed by atoms with Crippen LogP contribution < -0.4 is 43.5 Å². The Hall–Kier alpha value is -5.77. The van der Waals surface area contributed by atoms with Gasteiger partial charge in [-0.3, -0.25) is 38.4 Å². The predicted octanol–water partition coefficient (Wildman–Crippen LogP) is 5.33. The number of hydrazine groups is 2. The van der Waals surface area contributed by atoms with E-state index in [1.165, 1.54) is 59.4 Å². The van der Waals surface area contributed by atoms with Crippen molar-refractivity contribution in [2.24, 2.45) is 0 Å². The maximum absolute atomic E-state index is 13.8. The number of fused-ring (bicyclic) bond motifs is 3. The number of phenolic OH excluding ortho intramolecular Hbond substituents is 1. The molecule has 2 aliphatic heterocycles. The van der Waals surface area contributed by atoms with Gasteiger partial charge in [-0.15, -0.1) is 0 Å². The van der Waals surface area contributed by atoms with E-state index in [1.54, 1.807) is 26.0 Å². The lowest BCUT2D eigenvalue weighted by atomic mass is 10.0. The molecule has 2 aliphatic rings. The van der Waals surface area contributed by atoms with Crippen molar-refractivity contribution in [3.05, 3.63) is 105 Å². The third-order valence-electron chi connectivity index (χ3n) is 11.7. The summed E-state index contributed by atoms with van der Waals surface area (Å²) in [4.78, 5) is 57.6. The van der Waals surface area contributed by atoms with Gasteiger partial charge in [-0.1, -0.05) is 4.73 Å². The highest BCUT2D eigenvalue weighted by Gasteiger charge is 2.33. The minimum Gasteiger partial charge on any atom is -0.505 e. The number of anilines is 5. The zero-order chi connectivity index (χ0) is 56.9. The Kier molecular flexibility index (Phi) is 17.0. The fourth-order valence-corrected chi connectivity index (χ4v) is 11.1. The van der Waals surface area contributed by atoms with Crippen molar-refractivity contribution in [3.8, 4) is 17.3 Å². The van der Waals surface area contributed by atoms with Gasteiger partial charge in [0.15, 0.2) is 17.3 Å². The van der Waals surface area contributed by atoms with Crippen LogP contribution in [0.4, 0.5) is 28.4 Å². The van der Waals surface area contributed by atoms with Gasteiger partial charge in [0.1, 0.15) is 52.3 Å². The molecule has 0 spiro atoms. The van der Waals surface area contributed by atoms with Crippen molar-refractivity contribution in [1.82, 2.24) is 19.3 Å². The molecule has 77 heavy (non-hydrogen) atoms. The Morgan fingerprint density at radius 1 is 0.727 bits per heavy atom. The number of hydrogen-bond donors (Lipinski definition) is 21. The van der Waals surface area contributed by atoms with Crippen molar-refractivity contribution in [2.45, 2.75) is 58.3 Å². The molecule has 0 aliphatic carbocycles. The molecule has 422 valence electrons. The molecule has 0 saturated carbocycles. The molecule has 0 fully saturated rings. The summed E-state index contributed by atoms with van der Waals surface area (Å²) in [7, 11) is -21.2. The average molecular weight is 1180 g/mol. The van der Waals surface area contributed by atoms with Crippen LogP contribution in [-0.2, 0) is 15.6 Å². The Labute approximate surface area is 441 Å². The SMILES string of the molecule is Cc1cc2nc3c(=O)n(OCCS(O)(O)c4ccc(NNc5c(S(O)(O)O)cc6cc(S(O)(O)O)c(NNc7ccc(S(C)(O)O)cc7)c(O)c6c5N)cc4)c(=O)nc-3n(C[C@H](O)[C@H](O)[C@H](O)COP(=O)(O)O)c2cc1C. The number of benzene rings is 5. The molecule has 30 nitrogen and oxygen atoms in total. The van der Waals surface area contributed by atoms with Gasteiger partial charge in [0, 0.05) is 6.26 Å². The summed E-state index contributed by atoms with van der Waals surface area (Å²) in [5.41, 5.74) is 14.8. The van der Waals surface area contributed by atoms with Gasteiger partial charge in [0.2, 0.25) is 0 Å². The van der Waals surface area contributed by atoms with Crippen molar-refractivity contribution in [3.63, 3.8) is 0 Å². The minimum absolute atomic E-state index is 0.0750. The number of nitrogens with one attached hydrogen (secondary N) is 4. The van der Waals surface area contributed by atoms with Crippen LogP contribution in [0, 0.1) is 13.8 Å². The van der Waals surface area contributed by atoms with Gasteiger partial charge in [-0.05, 0) is 103 Å². The van der Waals surface area contributed by atoms with Gasteiger partial charge in [0.05, 0.1) is 77.7 Å². The molecule has 0 bridgehead atoms. The molecule has 35 heteroatoms. The number of aryl methyl sites for hydroxylation is 2. The first kappa shape index (κ1) is 58.9. The number of phosphoric acid groups is 1. The topological polar surface area (TPSA) is 503 Å². The quantitative estimate of drug-likeness (QED) is 0.0142. The van der Waals surface area contributed by atoms with Gasteiger partial charge < -0.3 is 83.5 Å². The standard InChI is InChI=1S/C42H54N9O21PS4/c1-20-14-27-28(15-21(20)2)50(18-29(52)38(54)30(53)19-72-73(58,59)60)40-37(44-27)41(56)51(42(57)45-40)71-12-13-75(63,64)26-10-6-24(7-11-26)46-48-35-31(76(65,66)67)16-22-17-32(77(68,69)70)36(39(55)33(22)34(35)43)49-47-23-4-8-25(9-5-23)74(3,61)62/h4-11,14-17,29-30,38,46-49,52-55,61-70H,12-13,18-19,43H2,1-3H3,(H2,58,59,60)/t29-,30+,38-/m0/s1. The monoisotopic (exact) mass is 1180 g/mol. The molecule has 3 atom stereocenters. The highest BCUT2D eigenvalue weighted by atomic mass is 32.3. The summed E-state index contributed by atoms with van der Waals surface area (Å²) in [5, 5.41) is 42.8. The second-order valence-corrected chi connectivity index (χ2v) is 25.8. The van der Waals surface area contributed by atoms with Crippen LogP contribution in [0.1, 0.15) is 11.1 Å². The summed E-state index contributed by atoms with van der Waals surface area (Å²) < 4.78 is 121. The van der Waals surface area contributed by atoms with E-state index in [0.717, 1.165) is 12.1 Å². The Morgan fingerprint density at radius 2 is 1.26 bits per heavy atom. The first-order valence-electron chi connectivity index (χ1n) is 21.8. The van der Waals surface area contributed by atoms with Crippen molar-refractivity contribution in [2.75, 3.05) is 52.7 Å². The van der Waals surface area contributed by atoms with Crippen LogP contribution in [-0.4, -0.2) is 139 Å². The minimum atomic E-state index is -5.06. The summed E-state index contributed by atoms with van der Waals surface area (Å²) in [5.74, 6) is -1.80. The molecule has 7 rings (SSSR count). The number of rotatable bonds is 21. The van der Waals surface area contributed by atoms with E-state index < -0.39 is 150 Å². The summed E-state index contributed by atoms with van der Waals surface area (Å²) in [6.07, 6.45) is -4.75. The normalized spacial score (nSPS) is 14.8. The lowest BCUT2D eigenvalue weighted by Gasteiger charge is -2.32. The van der Waals surface area contributed by atoms with E-state index >= 15 is 0 Å². The number of hydrogen-bond acceptors (Lipinski definition) is 26. The molecule has 0 aromatic heterocycles. The van der Waals surface area contributed by atoms with E-state index in [-0.39, 0.29) is 47.7 Å². The lowest BCUT2D eigenvalue weighted by Crippen LogP contribution is -2.45. The molecule has 0 saturated heterocycles. The van der Waals surface area contributed by atoms with Crippen LogP contribution in [0.2, 0.25) is 0 Å². The lowest BCUT2D eigenvalue weighted by molar-refractivity contribution is -0.0793. The van der Waals surface area contributed by atoms with E-state index in [0.29, 0.717) is 11.1 Å². The smallest absolute Gasteiger partial charge is 0.469 e. The number of nitrogens with two attached hydrogens (primary N) is 1. The summed E-state index contributed by atoms with van der Waals surface area (Å²) in [6, 6.07) is 15.8. The molecule has 2 heterocycles.